The Hall–Kier alpha value is -3.09. The maximum Gasteiger partial charge on any atom is 0.387 e. The van der Waals surface area contributed by atoms with E-state index < -0.39 is 12.6 Å². The number of halogens is 2. The number of esters is 1. The van der Waals surface area contributed by atoms with Crippen LogP contribution >= 0.6 is 0 Å². The number of para-hydroxylation sites is 1. The smallest absolute Gasteiger partial charge is 0.387 e. The first-order valence-corrected chi connectivity index (χ1v) is 7.63. The van der Waals surface area contributed by atoms with Gasteiger partial charge in [0.15, 0.2) is 0 Å². The van der Waals surface area contributed by atoms with Gasteiger partial charge >= 0.3 is 12.6 Å². The average molecular weight is 364 g/mol. The standard InChI is InChI=1S/C19H18F2O5/c1-23-15-9-7-13(17(11-15)24-2)8-10-18(22)25-12-14-5-3-4-6-16(14)26-19(20)21/h3-11,19H,12H2,1-2H3/b10-8+. The lowest BCUT2D eigenvalue weighted by molar-refractivity contribution is -0.139. The zero-order valence-electron chi connectivity index (χ0n) is 14.3. The molecule has 0 bridgehead atoms. The lowest BCUT2D eigenvalue weighted by Crippen LogP contribution is -2.06. The van der Waals surface area contributed by atoms with E-state index in [1.54, 1.807) is 36.4 Å². The molecule has 138 valence electrons. The summed E-state index contributed by atoms with van der Waals surface area (Å²) in [5, 5.41) is 0. The molecule has 0 saturated carbocycles. The Labute approximate surface area is 149 Å². The van der Waals surface area contributed by atoms with E-state index in [4.69, 9.17) is 14.2 Å². The Morgan fingerprint density at radius 3 is 2.54 bits per heavy atom. The second-order valence-corrected chi connectivity index (χ2v) is 5.04. The summed E-state index contributed by atoms with van der Waals surface area (Å²) in [5.41, 5.74) is 1.00. The van der Waals surface area contributed by atoms with Crippen LogP contribution in [-0.4, -0.2) is 26.8 Å². The van der Waals surface area contributed by atoms with Gasteiger partial charge in [0.25, 0.3) is 0 Å². The molecule has 0 aliphatic carbocycles. The minimum Gasteiger partial charge on any atom is -0.497 e. The van der Waals surface area contributed by atoms with Gasteiger partial charge in [0.1, 0.15) is 23.9 Å². The van der Waals surface area contributed by atoms with Crippen LogP contribution < -0.4 is 14.2 Å². The molecule has 2 aromatic carbocycles. The number of benzene rings is 2. The largest absolute Gasteiger partial charge is 0.497 e. The first-order valence-electron chi connectivity index (χ1n) is 7.63. The first-order chi connectivity index (χ1) is 12.5. The normalized spacial score (nSPS) is 10.8. The molecule has 2 aromatic rings. The SMILES string of the molecule is COc1ccc(/C=C/C(=O)OCc2ccccc2OC(F)F)c(OC)c1. The van der Waals surface area contributed by atoms with Gasteiger partial charge in [0, 0.05) is 23.3 Å². The monoisotopic (exact) mass is 364 g/mol. The predicted molar refractivity (Wildman–Crippen MR) is 91.5 cm³/mol. The number of carbonyl (C=O) groups is 1. The zero-order valence-corrected chi connectivity index (χ0v) is 14.3. The van der Waals surface area contributed by atoms with Gasteiger partial charge in [-0.1, -0.05) is 18.2 Å². The van der Waals surface area contributed by atoms with Crippen LogP contribution in [0, 0.1) is 0 Å². The summed E-state index contributed by atoms with van der Waals surface area (Å²) in [6.45, 7) is -3.14. The molecule has 0 spiro atoms. The molecule has 7 heteroatoms. The van der Waals surface area contributed by atoms with Crippen molar-refractivity contribution in [1.29, 1.82) is 0 Å². The fraction of sp³-hybridized carbons (Fsp3) is 0.211. The fourth-order valence-corrected chi connectivity index (χ4v) is 2.14. The van der Waals surface area contributed by atoms with Crippen LogP contribution in [-0.2, 0) is 16.1 Å². The minimum absolute atomic E-state index is 0.0314. The van der Waals surface area contributed by atoms with Gasteiger partial charge in [-0.3, -0.25) is 0 Å². The third-order valence-electron chi connectivity index (χ3n) is 3.40. The minimum atomic E-state index is -2.95. The van der Waals surface area contributed by atoms with Crippen molar-refractivity contribution in [3.05, 3.63) is 59.7 Å². The van der Waals surface area contributed by atoms with Gasteiger partial charge in [-0.2, -0.15) is 8.78 Å². The van der Waals surface area contributed by atoms with Crippen molar-refractivity contribution in [2.45, 2.75) is 13.2 Å². The lowest BCUT2D eigenvalue weighted by Gasteiger charge is -2.10. The molecule has 0 saturated heterocycles. The average Bonchev–Trinajstić information content (AvgIpc) is 2.65. The van der Waals surface area contributed by atoms with E-state index >= 15 is 0 Å². The highest BCUT2D eigenvalue weighted by molar-refractivity contribution is 5.87. The summed E-state index contributed by atoms with van der Waals surface area (Å²) in [7, 11) is 3.04. The van der Waals surface area contributed by atoms with Crippen molar-refractivity contribution in [2.24, 2.45) is 0 Å². The number of hydrogen-bond donors (Lipinski definition) is 0. The topological polar surface area (TPSA) is 54.0 Å². The summed E-state index contributed by atoms with van der Waals surface area (Å²) in [5.74, 6) is 0.493. The van der Waals surface area contributed by atoms with Crippen LogP contribution in [0.4, 0.5) is 8.78 Å². The molecule has 0 atom stereocenters. The third-order valence-corrected chi connectivity index (χ3v) is 3.40. The Morgan fingerprint density at radius 2 is 1.85 bits per heavy atom. The molecular formula is C19H18F2O5. The predicted octanol–water partition coefficient (Wildman–Crippen LogP) is 4.06. The second kappa shape index (κ2) is 9.41. The van der Waals surface area contributed by atoms with Crippen molar-refractivity contribution in [3.8, 4) is 17.2 Å². The molecule has 0 heterocycles. The van der Waals surface area contributed by atoms with E-state index in [9.17, 15) is 13.6 Å². The number of methoxy groups -OCH3 is 2. The zero-order chi connectivity index (χ0) is 18.9. The van der Waals surface area contributed by atoms with E-state index in [1.165, 1.54) is 32.4 Å². The molecular weight excluding hydrogens is 346 g/mol. The van der Waals surface area contributed by atoms with Gasteiger partial charge in [0.05, 0.1) is 14.2 Å². The summed E-state index contributed by atoms with van der Waals surface area (Å²) in [4.78, 5) is 11.9. The van der Waals surface area contributed by atoms with Crippen LogP contribution in [0.25, 0.3) is 6.08 Å². The van der Waals surface area contributed by atoms with Crippen LogP contribution in [0.3, 0.4) is 0 Å². The van der Waals surface area contributed by atoms with Crippen molar-refractivity contribution in [2.75, 3.05) is 14.2 Å². The molecule has 0 fully saturated rings. The molecule has 5 nitrogen and oxygen atoms in total. The van der Waals surface area contributed by atoms with Crippen LogP contribution in [0.2, 0.25) is 0 Å². The Balaban J connectivity index is 2.00. The molecule has 0 aliphatic rings. The van der Waals surface area contributed by atoms with Crippen LogP contribution in [0.1, 0.15) is 11.1 Å². The van der Waals surface area contributed by atoms with E-state index in [1.807, 2.05) is 0 Å². The maximum atomic E-state index is 12.4. The second-order valence-electron chi connectivity index (χ2n) is 5.04. The summed E-state index contributed by atoms with van der Waals surface area (Å²) >= 11 is 0. The first kappa shape index (κ1) is 19.2. The van der Waals surface area contributed by atoms with Gasteiger partial charge in [-0.25, -0.2) is 4.79 Å². The summed E-state index contributed by atoms with van der Waals surface area (Å²) < 4.78 is 44.5. The van der Waals surface area contributed by atoms with Crippen LogP contribution in [0.5, 0.6) is 17.2 Å². The molecule has 0 unspecified atom stereocenters. The molecule has 0 aliphatic heterocycles. The van der Waals surface area contributed by atoms with E-state index in [2.05, 4.69) is 4.74 Å². The molecule has 0 aromatic heterocycles. The highest BCUT2D eigenvalue weighted by Gasteiger charge is 2.10. The Morgan fingerprint density at radius 1 is 1.08 bits per heavy atom. The number of ether oxygens (including phenoxy) is 4. The highest BCUT2D eigenvalue weighted by atomic mass is 19.3. The molecule has 0 amide bonds. The van der Waals surface area contributed by atoms with Gasteiger partial charge in [0.2, 0.25) is 0 Å². The Bertz CT molecular complexity index is 774. The fourth-order valence-electron chi connectivity index (χ4n) is 2.14. The third kappa shape index (κ3) is 5.47. The van der Waals surface area contributed by atoms with Gasteiger partial charge < -0.3 is 18.9 Å². The number of rotatable bonds is 8. The van der Waals surface area contributed by atoms with Crippen molar-refractivity contribution in [3.63, 3.8) is 0 Å². The molecule has 0 radical (unpaired) electrons. The molecule has 2 rings (SSSR count). The molecule has 0 N–H and O–H groups in total. The van der Waals surface area contributed by atoms with Crippen LogP contribution in [0.15, 0.2) is 48.5 Å². The maximum absolute atomic E-state index is 12.4. The number of alkyl halides is 2. The summed E-state index contributed by atoms with van der Waals surface area (Å²) in [6, 6.07) is 11.3. The highest BCUT2D eigenvalue weighted by Crippen LogP contribution is 2.26. The van der Waals surface area contributed by atoms with Crippen molar-refractivity contribution < 1.29 is 32.5 Å². The van der Waals surface area contributed by atoms with E-state index in [0.29, 0.717) is 22.6 Å². The lowest BCUT2D eigenvalue weighted by atomic mass is 10.1. The van der Waals surface area contributed by atoms with Crippen molar-refractivity contribution >= 4 is 12.0 Å². The Kier molecular flexibility index (Phi) is 6.96. The van der Waals surface area contributed by atoms with E-state index in [-0.39, 0.29) is 12.4 Å². The van der Waals surface area contributed by atoms with E-state index in [0.717, 1.165) is 0 Å². The van der Waals surface area contributed by atoms with Gasteiger partial charge in [-0.05, 0) is 24.3 Å². The number of carbonyl (C=O) groups excluding carboxylic acids is 1. The van der Waals surface area contributed by atoms with Gasteiger partial charge in [-0.15, -0.1) is 0 Å². The van der Waals surface area contributed by atoms with Crippen molar-refractivity contribution in [1.82, 2.24) is 0 Å². The number of hydrogen-bond acceptors (Lipinski definition) is 5. The quantitative estimate of drug-likeness (QED) is 0.522. The molecule has 26 heavy (non-hydrogen) atoms. The summed E-state index contributed by atoms with van der Waals surface area (Å²) in [6.07, 6.45) is 2.75.